The van der Waals surface area contributed by atoms with E-state index in [1.54, 1.807) is 11.3 Å². The van der Waals surface area contributed by atoms with Crippen LogP contribution in [0.15, 0.2) is 10.4 Å². The van der Waals surface area contributed by atoms with Crippen molar-refractivity contribution < 1.29 is 0 Å². The minimum absolute atomic E-state index is 0.264. The lowest BCUT2D eigenvalue weighted by atomic mass is 10.3. The van der Waals surface area contributed by atoms with Gasteiger partial charge in [-0.1, -0.05) is 18.7 Å². The summed E-state index contributed by atoms with van der Waals surface area (Å²) in [5.74, 6) is 0. The van der Waals surface area contributed by atoms with Gasteiger partial charge in [0.15, 0.2) is 5.17 Å². The summed E-state index contributed by atoms with van der Waals surface area (Å²) < 4.78 is 0. The Hall–Kier alpha value is -0.550. The third kappa shape index (κ3) is 2.77. The van der Waals surface area contributed by atoms with Gasteiger partial charge in [0.05, 0.1) is 12.6 Å². The number of rotatable bonds is 3. The fourth-order valence-corrected chi connectivity index (χ4v) is 3.36. The molecular weight excluding hydrogens is 238 g/mol. The third-order valence-electron chi connectivity index (χ3n) is 2.52. The number of nitrogens with zero attached hydrogens (tertiary/aromatic N) is 2. The van der Waals surface area contributed by atoms with Crippen LogP contribution in [0.25, 0.3) is 0 Å². The number of aryl methyl sites for hydroxylation is 1. The van der Waals surface area contributed by atoms with Gasteiger partial charge in [0.25, 0.3) is 0 Å². The second-order valence-corrected chi connectivity index (χ2v) is 6.17. The average molecular weight is 255 g/mol. The number of aliphatic imine (C=N–C) groups is 1. The number of hydrogen-bond donors (Lipinski definition) is 1. The SMILES string of the molecule is CCC1CN=C(NC(C)c2nc(C)cs2)S1. The molecule has 88 valence electrons. The molecule has 2 rings (SSSR count). The van der Waals surface area contributed by atoms with Gasteiger partial charge in [0, 0.05) is 16.3 Å². The Morgan fingerprint density at radius 2 is 2.44 bits per heavy atom. The van der Waals surface area contributed by atoms with Crippen LogP contribution >= 0.6 is 23.1 Å². The number of thioether (sulfide) groups is 1. The second kappa shape index (κ2) is 5.19. The Balaban J connectivity index is 1.91. The van der Waals surface area contributed by atoms with Crippen LogP contribution in [-0.4, -0.2) is 21.9 Å². The zero-order valence-corrected chi connectivity index (χ0v) is 11.5. The van der Waals surface area contributed by atoms with E-state index in [0.29, 0.717) is 5.25 Å². The molecular formula is C11H17N3S2. The second-order valence-electron chi connectivity index (χ2n) is 3.99. The van der Waals surface area contributed by atoms with Crippen LogP contribution in [-0.2, 0) is 0 Å². The van der Waals surface area contributed by atoms with E-state index in [-0.39, 0.29) is 6.04 Å². The number of aromatic nitrogens is 1. The Kier molecular flexibility index (Phi) is 3.86. The summed E-state index contributed by atoms with van der Waals surface area (Å²) in [5.41, 5.74) is 1.10. The first-order chi connectivity index (χ1) is 7.69. The number of nitrogens with one attached hydrogen (secondary N) is 1. The lowest BCUT2D eigenvalue weighted by Gasteiger charge is -2.12. The normalized spacial score (nSPS) is 21.9. The first kappa shape index (κ1) is 11.9. The molecule has 2 heterocycles. The predicted octanol–water partition coefficient (Wildman–Crippen LogP) is 2.98. The average Bonchev–Trinajstić information content (AvgIpc) is 2.87. The van der Waals surface area contributed by atoms with Crippen molar-refractivity contribution in [3.8, 4) is 0 Å². The summed E-state index contributed by atoms with van der Waals surface area (Å²) in [6.07, 6.45) is 1.18. The molecule has 1 N–H and O–H groups in total. The molecule has 3 nitrogen and oxygen atoms in total. The first-order valence-electron chi connectivity index (χ1n) is 5.58. The van der Waals surface area contributed by atoms with Crippen LogP contribution in [0.1, 0.15) is 37.0 Å². The van der Waals surface area contributed by atoms with Crippen LogP contribution in [0, 0.1) is 6.92 Å². The van der Waals surface area contributed by atoms with E-state index >= 15 is 0 Å². The Morgan fingerprint density at radius 3 is 3.00 bits per heavy atom. The fraction of sp³-hybridized carbons (Fsp3) is 0.636. The van der Waals surface area contributed by atoms with Crippen molar-refractivity contribution in [1.29, 1.82) is 0 Å². The number of thiazole rings is 1. The summed E-state index contributed by atoms with van der Waals surface area (Å²) in [6, 6.07) is 0.264. The maximum atomic E-state index is 4.51. The van der Waals surface area contributed by atoms with E-state index < -0.39 is 0 Å². The van der Waals surface area contributed by atoms with Gasteiger partial charge in [-0.25, -0.2) is 4.98 Å². The van der Waals surface area contributed by atoms with Gasteiger partial charge in [-0.05, 0) is 20.3 Å². The molecule has 0 aliphatic carbocycles. The molecule has 0 aromatic carbocycles. The molecule has 0 saturated heterocycles. The zero-order chi connectivity index (χ0) is 11.5. The minimum atomic E-state index is 0.264. The molecule has 2 unspecified atom stereocenters. The largest absolute Gasteiger partial charge is 0.356 e. The van der Waals surface area contributed by atoms with Crippen LogP contribution in [0.4, 0.5) is 0 Å². The molecule has 0 saturated carbocycles. The minimum Gasteiger partial charge on any atom is -0.356 e. The van der Waals surface area contributed by atoms with Gasteiger partial charge >= 0.3 is 0 Å². The summed E-state index contributed by atoms with van der Waals surface area (Å²) in [4.78, 5) is 8.99. The van der Waals surface area contributed by atoms with Gasteiger partial charge in [-0.3, -0.25) is 4.99 Å². The van der Waals surface area contributed by atoms with E-state index in [1.165, 1.54) is 6.42 Å². The quantitative estimate of drug-likeness (QED) is 0.902. The predicted molar refractivity (Wildman–Crippen MR) is 72.4 cm³/mol. The van der Waals surface area contributed by atoms with Crippen molar-refractivity contribution >= 4 is 28.3 Å². The lowest BCUT2D eigenvalue weighted by Crippen LogP contribution is -2.23. The smallest absolute Gasteiger partial charge is 0.157 e. The van der Waals surface area contributed by atoms with Crippen LogP contribution in [0.2, 0.25) is 0 Å². The van der Waals surface area contributed by atoms with Crippen molar-refractivity contribution in [2.24, 2.45) is 4.99 Å². The highest BCUT2D eigenvalue weighted by molar-refractivity contribution is 8.14. The molecule has 16 heavy (non-hydrogen) atoms. The standard InChI is InChI=1S/C11H17N3S2/c1-4-9-5-12-11(16-9)14-8(3)10-13-7(2)6-15-10/h6,8-9H,4-5H2,1-3H3,(H,12,14). The van der Waals surface area contributed by atoms with Crippen molar-refractivity contribution in [2.75, 3.05) is 6.54 Å². The van der Waals surface area contributed by atoms with Gasteiger partial charge in [0.2, 0.25) is 0 Å². The molecule has 0 bridgehead atoms. The molecule has 5 heteroatoms. The van der Waals surface area contributed by atoms with E-state index in [4.69, 9.17) is 0 Å². The Bertz CT molecular complexity index is 386. The zero-order valence-electron chi connectivity index (χ0n) is 9.86. The topological polar surface area (TPSA) is 37.3 Å². The molecule has 1 aromatic heterocycles. The summed E-state index contributed by atoms with van der Waals surface area (Å²) in [7, 11) is 0. The molecule has 0 amide bonds. The van der Waals surface area contributed by atoms with Crippen LogP contribution < -0.4 is 5.32 Å². The molecule has 1 aromatic rings. The maximum absolute atomic E-state index is 4.51. The van der Waals surface area contributed by atoms with Gasteiger partial charge < -0.3 is 5.32 Å². The molecule has 2 atom stereocenters. The summed E-state index contributed by atoms with van der Waals surface area (Å²) in [5, 5.41) is 8.40. The highest BCUT2D eigenvalue weighted by atomic mass is 32.2. The maximum Gasteiger partial charge on any atom is 0.157 e. The van der Waals surface area contributed by atoms with Gasteiger partial charge in [-0.2, -0.15) is 0 Å². The van der Waals surface area contributed by atoms with Crippen LogP contribution in [0.3, 0.4) is 0 Å². The Morgan fingerprint density at radius 1 is 1.62 bits per heavy atom. The molecule has 0 fully saturated rings. The fourth-order valence-electron chi connectivity index (χ4n) is 1.53. The molecule has 0 radical (unpaired) electrons. The molecule has 1 aliphatic heterocycles. The monoisotopic (exact) mass is 255 g/mol. The number of hydrogen-bond acceptors (Lipinski definition) is 5. The third-order valence-corrected chi connectivity index (χ3v) is 4.95. The Labute approximate surface area is 105 Å². The summed E-state index contributed by atoms with van der Waals surface area (Å²) >= 11 is 3.57. The number of amidine groups is 1. The van der Waals surface area contributed by atoms with E-state index in [0.717, 1.165) is 22.4 Å². The summed E-state index contributed by atoms with van der Waals surface area (Å²) in [6.45, 7) is 7.33. The highest BCUT2D eigenvalue weighted by Crippen LogP contribution is 2.25. The van der Waals surface area contributed by atoms with E-state index in [2.05, 4.69) is 34.5 Å². The first-order valence-corrected chi connectivity index (χ1v) is 7.34. The van der Waals surface area contributed by atoms with Crippen molar-refractivity contribution in [2.45, 2.75) is 38.5 Å². The van der Waals surface area contributed by atoms with Crippen molar-refractivity contribution in [1.82, 2.24) is 10.3 Å². The van der Waals surface area contributed by atoms with Crippen LogP contribution in [0.5, 0.6) is 0 Å². The van der Waals surface area contributed by atoms with Gasteiger partial charge in [0.1, 0.15) is 5.01 Å². The highest BCUT2D eigenvalue weighted by Gasteiger charge is 2.20. The van der Waals surface area contributed by atoms with Crippen molar-refractivity contribution in [3.05, 3.63) is 16.1 Å². The molecule has 1 aliphatic rings. The molecule has 0 spiro atoms. The van der Waals surface area contributed by atoms with E-state index in [1.807, 2.05) is 18.7 Å². The van der Waals surface area contributed by atoms with Gasteiger partial charge in [-0.15, -0.1) is 11.3 Å². The van der Waals surface area contributed by atoms with Crippen molar-refractivity contribution in [3.63, 3.8) is 0 Å². The van der Waals surface area contributed by atoms with E-state index in [9.17, 15) is 0 Å². The lowest BCUT2D eigenvalue weighted by molar-refractivity contribution is 0.713.